The van der Waals surface area contributed by atoms with Gasteiger partial charge < -0.3 is 5.32 Å². The van der Waals surface area contributed by atoms with Crippen molar-refractivity contribution in [1.29, 1.82) is 0 Å². The second-order valence-electron chi connectivity index (χ2n) is 7.25. The van der Waals surface area contributed by atoms with Crippen molar-refractivity contribution in [2.45, 2.75) is 11.4 Å². The lowest BCUT2D eigenvalue weighted by molar-refractivity contribution is 0.102. The van der Waals surface area contributed by atoms with E-state index in [-0.39, 0.29) is 17.3 Å². The molecule has 3 aromatic carbocycles. The third-order valence-electron chi connectivity index (χ3n) is 4.94. The Morgan fingerprint density at radius 2 is 1.48 bits per heavy atom. The minimum absolute atomic E-state index is 0.103. The average molecular weight is 478 g/mol. The van der Waals surface area contributed by atoms with Crippen molar-refractivity contribution in [3.8, 4) is 11.1 Å². The number of aromatic nitrogens is 1. The van der Waals surface area contributed by atoms with E-state index in [2.05, 4.69) is 15.0 Å². The lowest BCUT2D eigenvalue weighted by Gasteiger charge is -2.09. The summed E-state index contributed by atoms with van der Waals surface area (Å²) in [7, 11) is -3.69. The number of benzene rings is 3. The Kier molecular flexibility index (Phi) is 6.84. The number of amides is 1. The highest BCUT2D eigenvalue weighted by atomic mass is 35.5. The Bertz CT molecular complexity index is 1340. The molecule has 166 valence electrons. The monoisotopic (exact) mass is 477 g/mol. The van der Waals surface area contributed by atoms with Crippen LogP contribution in [0.3, 0.4) is 0 Å². The molecule has 0 radical (unpaired) electrons. The number of carbonyl (C=O) groups is 1. The van der Waals surface area contributed by atoms with Crippen LogP contribution in [-0.2, 0) is 16.6 Å². The van der Waals surface area contributed by atoms with Crippen molar-refractivity contribution in [1.82, 2.24) is 9.71 Å². The Labute approximate surface area is 197 Å². The van der Waals surface area contributed by atoms with Crippen LogP contribution in [0.15, 0.2) is 102 Å². The van der Waals surface area contributed by atoms with Crippen molar-refractivity contribution >= 4 is 33.2 Å². The molecule has 2 N–H and O–H groups in total. The molecule has 1 aromatic heterocycles. The van der Waals surface area contributed by atoms with Gasteiger partial charge in [0.2, 0.25) is 10.0 Å². The van der Waals surface area contributed by atoms with Crippen LogP contribution in [0.5, 0.6) is 0 Å². The molecule has 4 aromatic rings. The first-order valence-corrected chi connectivity index (χ1v) is 11.9. The molecule has 4 rings (SSSR count). The number of halogens is 1. The first-order valence-electron chi connectivity index (χ1n) is 10.1. The summed E-state index contributed by atoms with van der Waals surface area (Å²) in [4.78, 5) is 16.4. The molecule has 33 heavy (non-hydrogen) atoms. The number of pyridine rings is 1. The predicted molar refractivity (Wildman–Crippen MR) is 130 cm³/mol. The molecule has 0 saturated heterocycles. The first-order chi connectivity index (χ1) is 15.9. The highest BCUT2D eigenvalue weighted by molar-refractivity contribution is 7.89. The molecular weight excluding hydrogens is 458 g/mol. The fourth-order valence-corrected chi connectivity index (χ4v) is 4.29. The van der Waals surface area contributed by atoms with Gasteiger partial charge in [0.05, 0.1) is 16.8 Å². The van der Waals surface area contributed by atoms with Crippen molar-refractivity contribution in [3.05, 3.63) is 113 Å². The van der Waals surface area contributed by atoms with E-state index in [1.807, 2.05) is 12.1 Å². The van der Waals surface area contributed by atoms with Gasteiger partial charge in [-0.15, -0.1) is 0 Å². The first kappa shape index (κ1) is 22.7. The second kappa shape index (κ2) is 9.95. The lowest BCUT2D eigenvalue weighted by Crippen LogP contribution is -2.23. The molecule has 0 fully saturated rings. The minimum Gasteiger partial charge on any atom is -0.321 e. The summed E-state index contributed by atoms with van der Waals surface area (Å²) in [6.07, 6.45) is 3.18. The van der Waals surface area contributed by atoms with Crippen LogP contribution in [0.2, 0.25) is 5.02 Å². The summed E-state index contributed by atoms with van der Waals surface area (Å²) < 4.78 is 27.9. The quantitative estimate of drug-likeness (QED) is 0.386. The van der Waals surface area contributed by atoms with E-state index < -0.39 is 10.0 Å². The maximum Gasteiger partial charge on any atom is 0.255 e. The summed E-state index contributed by atoms with van der Waals surface area (Å²) in [6.45, 7) is 0.103. The fraction of sp³-hybridized carbons (Fsp3) is 0.0400. The molecule has 0 bridgehead atoms. The van der Waals surface area contributed by atoms with Crippen LogP contribution in [0, 0.1) is 0 Å². The third kappa shape index (κ3) is 5.84. The van der Waals surface area contributed by atoms with Gasteiger partial charge in [-0.1, -0.05) is 48.0 Å². The number of hydrogen-bond donors (Lipinski definition) is 2. The van der Waals surface area contributed by atoms with Crippen LogP contribution in [-0.4, -0.2) is 19.3 Å². The van der Waals surface area contributed by atoms with Gasteiger partial charge in [-0.2, -0.15) is 0 Å². The Morgan fingerprint density at radius 1 is 0.848 bits per heavy atom. The largest absolute Gasteiger partial charge is 0.321 e. The number of nitrogens with one attached hydrogen (secondary N) is 2. The molecule has 0 aliphatic rings. The normalized spacial score (nSPS) is 11.2. The van der Waals surface area contributed by atoms with E-state index in [1.54, 1.807) is 85.2 Å². The number of sulfonamides is 1. The maximum atomic E-state index is 12.7. The van der Waals surface area contributed by atoms with Gasteiger partial charge in [-0.3, -0.25) is 9.78 Å². The summed E-state index contributed by atoms with van der Waals surface area (Å²) in [6, 6.07) is 24.2. The standard InChI is InChI=1S/C25H20ClN3O3S/c26-22-11-7-19(8-12-22)20-9-13-24(14-10-20)33(31,32)28-16-18-3-5-21(6-4-18)25(30)29-23-2-1-15-27-17-23/h1-15,17,28H,16H2,(H,29,30). The molecule has 0 aliphatic heterocycles. The Balaban J connectivity index is 1.37. The van der Waals surface area contributed by atoms with Crippen molar-refractivity contribution < 1.29 is 13.2 Å². The molecule has 8 heteroatoms. The highest BCUT2D eigenvalue weighted by Crippen LogP contribution is 2.23. The zero-order valence-corrected chi connectivity index (χ0v) is 19.0. The lowest BCUT2D eigenvalue weighted by atomic mass is 10.1. The second-order valence-corrected chi connectivity index (χ2v) is 9.45. The Hall–Kier alpha value is -3.52. The summed E-state index contributed by atoms with van der Waals surface area (Å²) in [5.74, 6) is -0.268. The predicted octanol–water partition coefficient (Wildman–Crippen LogP) is 5.13. The Morgan fingerprint density at radius 3 is 2.09 bits per heavy atom. The van der Waals surface area contributed by atoms with E-state index in [0.29, 0.717) is 16.3 Å². The van der Waals surface area contributed by atoms with Crippen LogP contribution in [0.4, 0.5) is 5.69 Å². The highest BCUT2D eigenvalue weighted by Gasteiger charge is 2.14. The van der Waals surface area contributed by atoms with Crippen molar-refractivity contribution in [2.24, 2.45) is 0 Å². The molecule has 1 heterocycles. The maximum absolute atomic E-state index is 12.7. The van der Waals surface area contributed by atoms with Gasteiger partial charge in [0.25, 0.3) is 5.91 Å². The van der Waals surface area contributed by atoms with E-state index >= 15 is 0 Å². The molecule has 0 atom stereocenters. The number of nitrogens with zero attached hydrogens (tertiary/aromatic N) is 1. The van der Waals surface area contributed by atoms with Gasteiger partial charge in [0.15, 0.2) is 0 Å². The number of carbonyl (C=O) groups excluding carboxylic acids is 1. The molecule has 0 spiro atoms. The number of hydrogen-bond acceptors (Lipinski definition) is 4. The summed E-state index contributed by atoms with van der Waals surface area (Å²) >= 11 is 5.92. The third-order valence-corrected chi connectivity index (χ3v) is 6.61. The van der Waals surface area contributed by atoms with E-state index in [9.17, 15) is 13.2 Å². The van der Waals surface area contributed by atoms with Crippen molar-refractivity contribution in [2.75, 3.05) is 5.32 Å². The van der Waals surface area contributed by atoms with Gasteiger partial charge in [-0.25, -0.2) is 13.1 Å². The van der Waals surface area contributed by atoms with Crippen molar-refractivity contribution in [3.63, 3.8) is 0 Å². The van der Waals surface area contributed by atoms with E-state index in [0.717, 1.165) is 16.7 Å². The van der Waals surface area contributed by atoms with E-state index in [1.165, 1.54) is 0 Å². The van der Waals surface area contributed by atoms with Crippen LogP contribution >= 0.6 is 11.6 Å². The molecule has 0 aliphatic carbocycles. The zero-order valence-electron chi connectivity index (χ0n) is 17.4. The van der Waals surface area contributed by atoms with Gasteiger partial charge in [0.1, 0.15) is 0 Å². The molecular formula is C25H20ClN3O3S. The molecule has 6 nitrogen and oxygen atoms in total. The molecule has 0 saturated carbocycles. The summed E-state index contributed by atoms with van der Waals surface area (Å²) in [5, 5.41) is 3.40. The van der Waals surface area contributed by atoms with Crippen LogP contribution in [0.25, 0.3) is 11.1 Å². The molecule has 1 amide bonds. The van der Waals surface area contributed by atoms with Gasteiger partial charge in [-0.05, 0) is 65.2 Å². The fourth-order valence-electron chi connectivity index (χ4n) is 3.14. The topological polar surface area (TPSA) is 88.2 Å². The van der Waals surface area contributed by atoms with Crippen LogP contribution < -0.4 is 10.0 Å². The minimum atomic E-state index is -3.69. The average Bonchev–Trinajstić information content (AvgIpc) is 2.84. The smallest absolute Gasteiger partial charge is 0.255 e. The zero-order chi connectivity index (χ0) is 23.3. The van der Waals surface area contributed by atoms with Gasteiger partial charge in [0, 0.05) is 23.3 Å². The van der Waals surface area contributed by atoms with Gasteiger partial charge >= 0.3 is 0 Å². The van der Waals surface area contributed by atoms with E-state index in [4.69, 9.17) is 11.6 Å². The summed E-state index contributed by atoms with van der Waals surface area (Å²) in [5.41, 5.74) is 3.63. The SMILES string of the molecule is O=C(Nc1cccnc1)c1ccc(CNS(=O)(=O)c2ccc(-c3ccc(Cl)cc3)cc2)cc1. The number of anilines is 1. The van der Waals surface area contributed by atoms with Crippen LogP contribution in [0.1, 0.15) is 15.9 Å². The molecule has 0 unspecified atom stereocenters. The number of rotatable bonds is 7.